The van der Waals surface area contributed by atoms with Crippen molar-refractivity contribution in [3.8, 4) is 5.75 Å². The van der Waals surface area contributed by atoms with Gasteiger partial charge in [-0.25, -0.2) is 0 Å². The van der Waals surface area contributed by atoms with Crippen LogP contribution < -0.4 is 4.90 Å². The average molecular weight is 283 g/mol. The van der Waals surface area contributed by atoms with Crippen molar-refractivity contribution in [2.24, 2.45) is 0 Å². The van der Waals surface area contributed by atoms with Crippen molar-refractivity contribution in [1.82, 2.24) is 0 Å². The Balaban J connectivity index is 2.16. The van der Waals surface area contributed by atoms with Gasteiger partial charge in [-0.1, -0.05) is 30.3 Å². The molecule has 0 bridgehead atoms. The molecule has 0 unspecified atom stereocenters. The highest BCUT2D eigenvalue weighted by Gasteiger charge is 2.15. The van der Waals surface area contributed by atoms with E-state index in [2.05, 4.69) is 0 Å². The number of carbonyl (C=O) groups excluding carboxylic acids is 2. The molecule has 0 heterocycles. The molecule has 0 saturated carbocycles. The molecule has 0 radical (unpaired) electrons. The molecule has 108 valence electrons. The van der Waals surface area contributed by atoms with Gasteiger partial charge < -0.3 is 14.8 Å². The van der Waals surface area contributed by atoms with Gasteiger partial charge in [0.1, 0.15) is 12.0 Å². The fraction of sp³-hybridized carbons (Fsp3) is 0.176. The molecule has 0 aliphatic rings. The number of benzene rings is 2. The second-order valence-electron chi connectivity index (χ2n) is 4.68. The largest absolute Gasteiger partial charge is 0.508 e. The first-order valence-corrected chi connectivity index (χ1v) is 6.77. The van der Waals surface area contributed by atoms with Crippen molar-refractivity contribution in [2.75, 3.05) is 11.4 Å². The van der Waals surface area contributed by atoms with Gasteiger partial charge >= 0.3 is 0 Å². The van der Waals surface area contributed by atoms with Gasteiger partial charge in [-0.2, -0.15) is 0 Å². The van der Waals surface area contributed by atoms with Crippen molar-refractivity contribution in [2.45, 2.75) is 12.8 Å². The number of rotatable bonds is 6. The number of anilines is 1. The molecule has 0 spiro atoms. The highest BCUT2D eigenvalue weighted by atomic mass is 16.3. The second kappa shape index (κ2) is 7.24. The van der Waals surface area contributed by atoms with Gasteiger partial charge in [0.05, 0.1) is 6.42 Å². The summed E-state index contributed by atoms with van der Waals surface area (Å²) < 4.78 is 0. The van der Waals surface area contributed by atoms with Crippen LogP contribution in [0.25, 0.3) is 0 Å². The normalized spacial score (nSPS) is 10.1. The number of phenols is 1. The molecule has 0 atom stereocenters. The van der Waals surface area contributed by atoms with E-state index in [0.29, 0.717) is 12.2 Å². The van der Waals surface area contributed by atoms with Crippen LogP contribution in [-0.4, -0.2) is 23.8 Å². The molecule has 0 aliphatic carbocycles. The standard InChI is InChI=1S/C17H17NO3/c19-12-4-11-18(15-7-9-16(20)10-8-15)17(21)13-14-5-2-1-3-6-14/h1-3,5-10,12,20H,4,11,13H2. The van der Waals surface area contributed by atoms with Gasteiger partial charge in [-0.05, 0) is 29.8 Å². The highest BCUT2D eigenvalue weighted by molar-refractivity contribution is 5.95. The van der Waals surface area contributed by atoms with E-state index in [1.54, 1.807) is 17.0 Å². The van der Waals surface area contributed by atoms with E-state index >= 15 is 0 Å². The number of phenolic OH excluding ortho intramolecular Hbond substituents is 1. The molecule has 0 aliphatic heterocycles. The molecule has 21 heavy (non-hydrogen) atoms. The zero-order valence-corrected chi connectivity index (χ0v) is 11.6. The summed E-state index contributed by atoms with van der Waals surface area (Å²) in [6, 6.07) is 15.9. The third-order valence-corrected chi connectivity index (χ3v) is 3.13. The number of aromatic hydroxyl groups is 1. The Bertz CT molecular complexity index is 593. The summed E-state index contributed by atoms with van der Waals surface area (Å²) >= 11 is 0. The fourth-order valence-electron chi connectivity index (χ4n) is 2.08. The first-order chi connectivity index (χ1) is 10.2. The lowest BCUT2D eigenvalue weighted by molar-refractivity contribution is -0.118. The Morgan fingerprint density at radius 1 is 1.05 bits per heavy atom. The first-order valence-electron chi connectivity index (χ1n) is 6.77. The van der Waals surface area contributed by atoms with Crippen LogP contribution in [0.4, 0.5) is 5.69 Å². The molecule has 1 amide bonds. The third-order valence-electron chi connectivity index (χ3n) is 3.13. The molecule has 4 heteroatoms. The smallest absolute Gasteiger partial charge is 0.231 e. The SMILES string of the molecule is O=CCCN(C(=O)Cc1ccccc1)c1ccc(O)cc1. The highest BCUT2D eigenvalue weighted by Crippen LogP contribution is 2.19. The topological polar surface area (TPSA) is 57.6 Å². The van der Waals surface area contributed by atoms with E-state index in [0.717, 1.165) is 11.8 Å². The van der Waals surface area contributed by atoms with Gasteiger partial charge in [0.2, 0.25) is 5.91 Å². The summed E-state index contributed by atoms with van der Waals surface area (Å²) in [5.41, 5.74) is 1.60. The van der Waals surface area contributed by atoms with E-state index in [1.165, 1.54) is 12.1 Å². The number of nitrogens with zero attached hydrogens (tertiary/aromatic N) is 1. The first kappa shape index (κ1) is 14.8. The zero-order valence-electron chi connectivity index (χ0n) is 11.6. The van der Waals surface area contributed by atoms with E-state index < -0.39 is 0 Å². The van der Waals surface area contributed by atoms with Crippen LogP contribution >= 0.6 is 0 Å². The van der Waals surface area contributed by atoms with Gasteiger partial charge in [0, 0.05) is 18.7 Å². The minimum atomic E-state index is -0.0752. The summed E-state index contributed by atoms with van der Waals surface area (Å²) in [5, 5.41) is 9.33. The average Bonchev–Trinajstić information content (AvgIpc) is 2.50. The molecule has 4 nitrogen and oxygen atoms in total. The molecule has 2 rings (SSSR count). The molecule has 0 fully saturated rings. The lowest BCUT2D eigenvalue weighted by Crippen LogP contribution is -2.33. The zero-order chi connectivity index (χ0) is 15.1. The number of aldehydes is 1. The van der Waals surface area contributed by atoms with Crippen LogP contribution in [0.3, 0.4) is 0 Å². The predicted octanol–water partition coefficient (Wildman–Crippen LogP) is 2.56. The quantitative estimate of drug-likeness (QED) is 0.829. The fourth-order valence-corrected chi connectivity index (χ4v) is 2.08. The maximum absolute atomic E-state index is 12.5. The number of carbonyl (C=O) groups is 2. The van der Waals surface area contributed by atoms with Crippen molar-refractivity contribution in [3.63, 3.8) is 0 Å². The van der Waals surface area contributed by atoms with Crippen molar-refractivity contribution >= 4 is 17.9 Å². The molecule has 0 saturated heterocycles. The van der Waals surface area contributed by atoms with Gasteiger partial charge in [-0.3, -0.25) is 4.79 Å². The number of hydrogen-bond acceptors (Lipinski definition) is 3. The predicted molar refractivity (Wildman–Crippen MR) is 81.3 cm³/mol. The van der Waals surface area contributed by atoms with Gasteiger partial charge in [0.25, 0.3) is 0 Å². The second-order valence-corrected chi connectivity index (χ2v) is 4.68. The minimum absolute atomic E-state index is 0.0752. The van der Waals surface area contributed by atoms with Crippen molar-refractivity contribution < 1.29 is 14.7 Å². The van der Waals surface area contributed by atoms with Crippen molar-refractivity contribution in [3.05, 3.63) is 60.2 Å². The summed E-state index contributed by atoms with van der Waals surface area (Å²) in [6.45, 7) is 0.333. The minimum Gasteiger partial charge on any atom is -0.508 e. The lowest BCUT2D eigenvalue weighted by atomic mass is 10.1. The van der Waals surface area contributed by atoms with E-state index in [4.69, 9.17) is 0 Å². The van der Waals surface area contributed by atoms with E-state index in [1.807, 2.05) is 30.3 Å². The maximum atomic E-state index is 12.5. The molecule has 1 N–H and O–H groups in total. The van der Waals surface area contributed by atoms with Crippen LogP contribution in [0, 0.1) is 0 Å². The summed E-state index contributed by atoms with van der Waals surface area (Å²) in [5.74, 6) is 0.0679. The Labute approximate surface area is 123 Å². The third kappa shape index (κ3) is 4.18. The van der Waals surface area contributed by atoms with Crippen LogP contribution in [0.5, 0.6) is 5.75 Å². The maximum Gasteiger partial charge on any atom is 0.231 e. The van der Waals surface area contributed by atoms with Crippen LogP contribution in [0.1, 0.15) is 12.0 Å². The number of amides is 1. The van der Waals surface area contributed by atoms with E-state index in [-0.39, 0.29) is 24.5 Å². The molecule has 0 aromatic heterocycles. The lowest BCUT2D eigenvalue weighted by Gasteiger charge is -2.22. The Hall–Kier alpha value is -2.62. The monoisotopic (exact) mass is 283 g/mol. The summed E-state index contributed by atoms with van der Waals surface area (Å²) in [4.78, 5) is 24.6. The molecule has 2 aromatic rings. The Morgan fingerprint density at radius 2 is 1.71 bits per heavy atom. The van der Waals surface area contributed by atoms with Crippen molar-refractivity contribution in [1.29, 1.82) is 0 Å². The Morgan fingerprint density at radius 3 is 2.33 bits per heavy atom. The van der Waals surface area contributed by atoms with Crippen LogP contribution in [0.2, 0.25) is 0 Å². The van der Waals surface area contributed by atoms with Crippen LogP contribution in [0.15, 0.2) is 54.6 Å². The van der Waals surface area contributed by atoms with Gasteiger partial charge in [0.15, 0.2) is 0 Å². The summed E-state index contributed by atoms with van der Waals surface area (Å²) in [6.07, 6.45) is 1.35. The van der Waals surface area contributed by atoms with Crippen LogP contribution in [-0.2, 0) is 16.0 Å². The molecule has 2 aromatic carbocycles. The summed E-state index contributed by atoms with van der Waals surface area (Å²) in [7, 11) is 0. The van der Waals surface area contributed by atoms with E-state index in [9.17, 15) is 14.7 Å². The molecular formula is C17H17NO3. The Kier molecular flexibility index (Phi) is 5.10. The molecular weight excluding hydrogens is 266 g/mol. The number of hydrogen-bond donors (Lipinski definition) is 1. The van der Waals surface area contributed by atoms with Gasteiger partial charge in [-0.15, -0.1) is 0 Å².